The number of Topliss-reactive ketones (excluding diaryl/α,β-unsaturated/α-hetero) is 1. The van der Waals surface area contributed by atoms with Crippen molar-refractivity contribution < 1.29 is 14.7 Å². The average Bonchev–Trinajstić information content (AvgIpc) is 3.43. The fraction of sp³-hybridized carbons (Fsp3) is 0.333. The van der Waals surface area contributed by atoms with Crippen LogP contribution in [0, 0.1) is 5.92 Å². The Kier molecular flexibility index (Phi) is 6.91. The summed E-state index contributed by atoms with van der Waals surface area (Å²) >= 11 is 0. The first-order valence-corrected chi connectivity index (χ1v) is 11.6. The van der Waals surface area contributed by atoms with Crippen LogP contribution in [0.2, 0.25) is 0 Å². The third-order valence-electron chi connectivity index (χ3n) is 6.04. The quantitative estimate of drug-likeness (QED) is 0.317. The molecule has 0 aliphatic carbocycles. The van der Waals surface area contributed by atoms with Crippen molar-refractivity contribution in [3.8, 4) is 11.1 Å². The highest BCUT2D eigenvalue weighted by atomic mass is 16.4. The number of hydrogen-bond acceptors (Lipinski definition) is 4. The molecule has 4 rings (SSSR count). The van der Waals surface area contributed by atoms with Gasteiger partial charge in [-0.2, -0.15) is 10.2 Å². The molecule has 4 aromatic rings. The summed E-state index contributed by atoms with van der Waals surface area (Å²) < 4.78 is 3.87. The molecule has 7 nitrogen and oxygen atoms in total. The lowest BCUT2D eigenvalue weighted by atomic mass is 9.95. The third-order valence-corrected chi connectivity index (χ3v) is 6.04. The molecule has 1 N–H and O–H groups in total. The number of nitrogens with zero attached hydrogens (tertiary/aromatic N) is 4. The van der Waals surface area contributed by atoms with Crippen LogP contribution in [0.4, 0.5) is 0 Å². The predicted molar refractivity (Wildman–Crippen MR) is 132 cm³/mol. The second kappa shape index (κ2) is 10.0. The third kappa shape index (κ3) is 5.25. The van der Waals surface area contributed by atoms with E-state index in [2.05, 4.69) is 41.8 Å². The van der Waals surface area contributed by atoms with Gasteiger partial charge in [0, 0.05) is 42.6 Å². The number of aryl methyl sites for hydroxylation is 1. The van der Waals surface area contributed by atoms with Gasteiger partial charge < -0.3 is 5.11 Å². The standard InChI is InChI=1S/C27H30N4O3/c1-18(2)13-25(19-7-9-20(10-8-19)26(32)5-4-6-27(33)34)31-24-12-11-21(14-22(24)15-29-31)23-16-28-30(3)17-23/h7-12,14-18,25H,4-6,13H2,1-3H3,(H,33,34). The molecule has 2 aromatic heterocycles. The summed E-state index contributed by atoms with van der Waals surface area (Å²) in [6.45, 7) is 4.39. The fourth-order valence-electron chi connectivity index (χ4n) is 4.31. The molecule has 34 heavy (non-hydrogen) atoms. The molecule has 2 heterocycles. The number of carbonyl (C=O) groups excluding carboxylic acids is 1. The van der Waals surface area contributed by atoms with Crippen LogP contribution in [0.1, 0.15) is 61.5 Å². The smallest absolute Gasteiger partial charge is 0.303 e. The molecule has 0 amide bonds. The number of aliphatic carboxylic acids is 1. The summed E-state index contributed by atoms with van der Waals surface area (Å²) in [5.41, 5.74) is 4.94. The lowest BCUT2D eigenvalue weighted by molar-refractivity contribution is -0.137. The average molecular weight is 459 g/mol. The van der Waals surface area contributed by atoms with Crippen LogP contribution < -0.4 is 0 Å². The number of carboxylic acids is 1. The number of aromatic nitrogens is 4. The Morgan fingerprint density at radius 3 is 2.38 bits per heavy atom. The molecule has 0 fully saturated rings. The van der Waals surface area contributed by atoms with Gasteiger partial charge in [-0.3, -0.25) is 19.0 Å². The SMILES string of the molecule is CC(C)CC(c1ccc(C(=O)CCCC(=O)O)cc1)n1ncc2cc(-c3cnn(C)c3)ccc21. The van der Waals surface area contributed by atoms with Gasteiger partial charge in [-0.15, -0.1) is 0 Å². The van der Waals surface area contributed by atoms with Gasteiger partial charge in [-0.1, -0.05) is 44.2 Å². The minimum atomic E-state index is -0.876. The van der Waals surface area contributed by atoms with Crippen molar-refractivity contribution in [3.05, 3.63) is 72.2 Å². The van der Waals surface area contributed by atoms with Crippen molar-refractivity contribution in [3.63, 3.8) is 0 Å². The number of benzene rings is 2. The highest BCUT2D eigenvalue weighted by molar-refractivity contribution is 5.96. The molecule has 1 atom stereocenters. The van der Waals surface area contributed by atoms with Crippen molar-refractivity contribution in [1.29, 1.82) is 0 Å². The Balaban J connectivity index is 1.60. The van der Waals surface area contributed by atoms with Crippen molar-refractivity contribution in [2.45, 2.75) is 45.6 Å². The Labute approximate surface area is 199 Å². The molecule has 0 radical (unpaired) electrons. The summed E-state index contributed by atoms with van der Waals surface area (Å²) in [5.74, 6) is -0.449. The monoisotopic (exact) mass is 458 g/mol. The van der Waals surface area contributed by atoms with E-state index in [9.17, 15) is 9.59 Å². The van der Waals surface area contributed by atoms with Crippen LogP contribution in [-0.2, 0) is 11.8 Å². The number of rotatable bonds is 10. The van der Waals surface area contributed by atoms with E-state index in [1.54, 1.807) is 4.68 Å². The van der Waals surface area contributed by atoms with Gasteiger partial charge >= 0.3 is 5.97 Å². The van der Waals surface area contributed by atoms with E-state index in [1.807, 2.05) is 49.9 Å². The molecule has 0 saturated carbocycles. The van der Waals surface area contributed by atoms with Gasteiger partial charge in [0.15, 0.2) is 5.78 Å². The molecule has 2 aromatic carbocycles. The first-order chi connectivity index (χ1) is 16.3. The number of hydrogen-bond donors (Lipinski definition) is 1. The molecule has 1 unspecified atom stereocenters. The summed E-state index contributed by atoms with van der Waals surface area (Å²) in [4.78, 5) is 23.1. The molecular formula is C27H30N4O3. The molecule has 0 aliphatic heterocycles. The maximum absolute atomic E-state index is 12.4. The fourth-order valence-corrected chi connectivity index (χ4v) is 4.31. The Bertz CT molecular complexity index is 1300. The Hall–Kier alpha value is -3.74. The number of carboxylic acid groups (broad SMARTS) is 1. The first kappa shape index (κ1) is 23.4. The van der Waals surface area contributed by atoms with Crippen LogP contribution in [0.5, 0.6) is 0 Å². The van der Waals surface area contributed by atoms with Crippen LogP contribution in [0.3, 0.4) is 0 Å². The molecule has 0 aliphatic rings. The lowest BCUT2D eigenvalue weighted by Crippen LogP contribution is -2.15. The summed E-state index contributed by atoms with van der Waals surface area (Å²) in [7, 11) is 1.91. The van der Waals surface area contributed by atoms with E-state index in [0.717, 1.165) is 34.0 Å². The largest absolute Gasteiger partial charge is 0.481 e. The normalized spacial score (nSPS) is 12.4. The van der Waals surface area contributed by atoms with Gasteiger partial charge in [-0.25, -0.2) is 0 Å². The maximum atomic E-state index is 12.4. The summed E-state index contributed by atoms with van der Waals surface area (Å²) in [6.07, 6.45) is 7.27. The van der Waals surface area contributed by atoms with E-state index >= 15 is 0 Å². The van der Waals surface area contributed by atoms with E-state index < -0.39 is 5.97 Å². The minimum Gasteiger partial charge on any atom is -0.481 e. The molecule has 0 spiro atoms. The van der Waals surface area contributed by atoms with Gasteiger partial charge in [0.1, 0.15) is 0 Å². The number of carbonyl (C=O) groups is 2. The van der Waals surface area contributed by atoms with Crippen molar-refractivity contribution in [2.24, 2.45) is 13.0 Å². The summed E-state index contributed by atoms with van der Waals surface area (Å²) in [5, 5.41) is 18.9. The second-order valence-corrected chi connectivity index (χ2v) is 9.20. The molecule has 7 heteroatoms. The zero-order valence-electron chi connectivity index (χ0n) is 19.8. The number of fused-ring (bicyclic) bond motifs is 1. The second-order valence-electron chi connectivity index (χ2n) is 9.20. The van der Waals surface area contributed by atoms with E-state index in [1.165, 1.54) is 0 Å². The van der Waals surface area contributed by atoms with E-state index in [4.69, 9.17) is 10.2 Å². The van der Waals surface area contributed by atoms with Crippen LogP contribution >= 0.6 is 0 Å². The molecule has 176 valence electrons. The maximum Gasteiger partial charge on any atom is 0.303 e. The van der Waals surface area contributed by atoms with Crippen LogP contribution in [-0.4, -0.2) is 36.4 Å². The minimum absolute atomic E-state index is 0.00909. The predicted octanol–water partition coefficient (Wildman–Crippen LogP) is 5.51. The molecular weight excluding hydrogens is 428 g/mol. The summed E-state index contributed by atoms with van der Waals surface area (Å²) in [6, 6.07) is 14.1. The highest BCUT2D eigenvalue weighted by Crippen LogP contribution is 2.31. The topological polar surface area (TPSA) is 90.0 Å². The Morgan fingerprint density at radius 1 is 0.971 bits per heavy atom. The van der Waals surface area contributed by atoms with Crippen LogP contribution in [0.15, 0.2) is 61.1 Å². The molecule has 0 bridgehead atoms. The van der Waals surface area contributed by atoms with E-state index in [0.29, 0.717) is 17.9 Å². The zero-order chi connectivity index (χ0) is 24.2. The highest BCUT2D eigenvalue weighted by Gasteiger charge is 2.20. The lowest BCUT2D eigenvalue weighted by Gasteiger charge is -2.21. The first-order valence-electron chi connectivity index (χ1n) is 11.6. The van der Waals surface area contributed by atoms with Gasteiger partial charge in [-0.05, 0) is 42.0 Å². The zero-order valence-corrected chi connectivity index (χ0v) is 19.8. The van der Waals surface area contributed by atoms with E-state index in [-0.39, 0.29) is 24.7 Å². The van der Waals surface area contributed by atoms with Gasteiger partial charge in [0.2, 0.25) is 0 Å². The van der Waals surface area contributed by atoms with Crippen molar-refractivity contribution >= 4 is 22.7 Å². The van der Waals surface area contributed by atoms with Crippen molar-refractivity contribution in [1.82, 2.24) is 19.6 Å². The number of ketones is 1. The van der Waals surface area contributed by atoms with Gasteiger partial charge in [0.05, 0.1) is 24.0 Å². The van der Waals surface area contributed by atoms with Gasteiger partial charge in [0.25, 0.3) is 0 Å². The van der Waals surface area contributed by atoms with Crippen molar-refractivity contribution in [2.75, 3.05) is 0 Å². The Morgan fingerprint density at radius 2 is 1.74 bits per heavy atom. The van der Waals surface area contributed by atoms with Crippen LogP contribution in [0.25, 0.3) is 22.0 Å². The molecule has 0 saturated heterocycles.